The standard InChI is InChI=1S/C11H15Br2NO/c1-3-4-5-14-10-7-11(15-2)9(13)6-8(10)12/h6-7,14H,3-5H2,1-2H3. The fourth-order valence-corrected chi connectivity index (χ4v) is 2.52. The van der Waals surface area contributed by atoms with Crippen molar-refractivity contribution in [3.63, 3.8) is 0 Å². The summed E-state index contributed by atoms with van der Waals surface area (Å²) in [6.45, 7) is 3.17. The number of methoxy groups -OCH3 is 1. The summed E-state index contributed by atoms with van der Waals surface area (Å²) in [7, 11) is 1.67. The average molecular weight is 337 g/mol. The molecule has 0 bridgehead atoms. The van der Waals surface area contributed by atoms with E-state index in [-0.39, 0.29) is 0 Å². The van der Waals surface area contributed by atoms with Crippen LogP contribution in [-0.2, 0) is 0 Å². The maximum absolute atomic E-state index is 5.24. The topological polar surface area (TPSA) is 21.3 Å². The molecule has 0 fully saturated rings. The van der Waals surface area contributed by atoms with Crippen LogP contribution in [0.2, 0.25) is 0 Å². The largest absolute Gasteiger partial charge is 0.495 e. The minimum absolute atomic E-state index is 0.845. The fraction of sp³-hybridized carbons (Fsp3) is 0.455. The van der Waals surface area contributed by atoms with Crippen LogP contribution in [0.15, 0.2) is 21.1 Å². The number of hydrogen-bond donors (Lipinski definition) is 1. The van der Waals surface area contributed by atoms with E-state index in [1.165, 1.54) is 12.8 Å². The second-order valence-electron chi connectivity index (χ2n) is 3.25. The normalized spacial score (nSPS) is 10.1. The predicted molar refractivity (Wildman–Crippen MR) is 71.8 cm³/mol. The van der Waals surface area contributed by atoms with Gasteiger partial charge in [-0.1, -0.05) is 13.3 Å². The minimum Gasteiger partial charge on any atom is -0.495 e. The molecule has 0 atom stereocenters. The summed E-state index contributed by atoms with van der Waals surface area (Å²) in [6.07, 6.45) is 2.36. The van der Waals surface area contributed by atoms with Crippen LogP contribution in [0.25, 0.3) is 0 Å². The lowest BCUT2D eigenvalue weighted by molar-refractivity contribution is 0.412. The zero-order valence-corrected chi connectivity index (χ0v) is 12.1. The van der Waals surface area contributed by atoms with Crippen LogP contribution in [0, 0.1) is 0 Å². The number of unbranched alkanes of at least 4 members (excludes halogenated alkanes) is 1. The van der Waals surface area contributed by atoms with Crippen LogP contribution in [0.5, 0.6) is 5.75 Å². The first-order chi connectivity index (χ1) is 7.19. The van der Waals surface area contributed by atoms with Gasteiger partial charge in [0.2, 0.25) is 0 Å². The van der Waals surface area contributed by atoms with Crippen LogP contribution >= 0.6 is 31.9 Å². The highest BCUT2D eigenvalue weighted by Gasteiger charge is 2.06. The Bertz CT molecular complexity index is 329. The molecule has 1 aromatic rings. The molecule has 0 saturated carbocycles. The Hall–Kier alpha value is -0.220. The van der Waals surface area contributed by atoms with Gasteiger partial charge in [-0.05, 0) is 44.3 Å². The third-order valence-corrected chi connectivity index (χ3v) is 3.36. The lowest BCUT2D eigenvalue weighted by Gasteiger charge is -2.11. The van der Waals surface area contributed by atoms with E-state index in [0.29, 0.717) is 0 Å². The van der Waals surface area contributed by atoms with Gasteiger partial charge in [0.25, 0.3) is 0 Å². The number of rotatable bonds is 5. The molecule has 0 saturated heterocycles. The SMILES string of the molecule is CCCCNc1cc(OC)c(Br)cc1Br. The fourth-order valence-electron chi connectivity index (χ4n) is 1.22. The summed E-state index contributed by atoms with van der Waals surface area (Å²) in [6, 6.07) is 3.98. The van der Waals surface area contributed by atoms with E-state index in [1.807, 2.05) is 12.1 Å². The molecule has 1 N–H and O–H groups in total. The van der Waals surface area contributed by atoms with Crippen molar-refractivity contribution in [2.45, 2.75) is 19.8 Å². The lowest BCUT2D eigenvalue weighted by atomic mass is 10.3. The number of benzene rings is 1. The number of halogens is 2. The van der Waals surface area contributed by atoms with Gasteiger partial charge in [-0.2, -0.15) is 0 Å². The molecule has 0 heterocycles. The number of hydrogen-bond acceptors (Lipinski definition) is 2. The van der Waals surface area contributed by atoms with E-state index in [4.69, 9.17) is 4.74 Å². The predicted octanol–water partition coefficient (Wildman–Crippen LogP) is 4.43. The number of nitrogens with one attached hydrogen (secondary N) is 1. The van der Waals surface area contributed by atoms with Gasteiger partial charge in [0, 0.05) is 17.1 Å². The van der Waals surface area contributed by atoms with Crippen LogP contribution < -0.4 is 10.1 Å². The summed E-state index contributed by atoms with van der Waals surface area (Å²) in [4.78, 5) is 0. The monoisotopic (exact) mass is 335 g/mol. The second kappa shape index (κ2) is 6.38. The third-order valence-electron chi connectivity index (χ3n) is 2.09. The summed E-state index contributed by atoms with van der Waals surface area (Å²) in [5, 5.41) is 3.37. The first kappa shape index (κ1) is 12.8. The zero-order valence-electron chi connectivity index (χ0n) is 8.94. The molecule has 4 heteroatoms. The van der Waals surface area contributed by atoms with Crippen molar-refractivity contribution in [1.29, 1.82) is 0 Å². The van der Waals surface area contributed by atoms with Gasteiger partial charge in [0.05, 0.1) is 17.3 Å². The molecule has 0 spiro atoms. The van der Waals surface area contributed by atoms with Gasteiger partial charge < -0.3 is 10.1 Å². The smallest absolute Gasteiger partial charge is 0.135 e. The molecular weight excluding hydrogens is 322 g/mol. The van der Waals surface area contributed by atoms with E-state index in [2.05, 4.69) is 44.1 Å². The Morgan fingerprint density at radius 2 is 2.00 bits per heavy atom. The maximum atomic E-state index is 5.24. The van der Waals surface area contributed by atoms with Crippen LogP contribution in [0.4, 0.5) is 5.69 Å². The van der Waals surface area contributed by atoms with Crippen LogP contribution in [0.1, 0.15) is 19.8 Å². The molecule has 1 rings (SSSR count). The average Bonchev–Trinajstić information content (AvgIpc) is 2.21. The highest BCUT2D eigenvalue weighted by Crippen LogP contribution is 2.34. The molecule has 0 aromatic heterocycles. The summed E-state index contributed by atoms with van der Waals surface area (Å²) >= 11 is 6.95. The molecule has 84 valence electrons. The first-order valence-electron chi connectivity index (χ1n) is 4.96. The molecule has 2 nitrogen and oxygen atoms in total. The second-order valence-corrected chi connectivity index (χ2v) is 4.96. The first-order valence-corrected chi connectivity index (χ1v) is 6.54. The highest BCUT2D eigenvalue weighted by molar-refractivity contribution is 9.11. The Morgan fingerprint density at radius 3 is 2.60 bits per heavy atom. The van der Waals surface area contributed by atoms with E-state index in [9.17, 15) is 0 Å². The quantitative estimate of drug-likeness (QED) is 0.803. The molecule has 0 aliphatic rings. The molecule has 0 radical (unpaired) electrons. The van der Waals surface area contributed by atoms with E-state index in [0.717, 1.165) is 26.9 Å². The molecule has 1 aromatic carbocycles. The van der Waals surface area contributed by atoms with Crippen molar-refractivity contribution in [1.82, 2.24) is 0 Å². The third kappa shape index (κ3) is 3.68. The Kier molecular flexibility index (Phi) is 5.47. The number of ether oxygens (including phenoxy) is 1. The van der Waals surface area contributed by atoms with Gasteiger partial charge in [-0.25, -0.2) is 0 Å². The minimum atomic E-state index is 0.845. The van der Waals surface area contributed by atoms with Gasteiger partial charge in [0.15, 0.2) is 0 Å². The summed E-state index contributed by atoms with van der Waals surface area (Å²) in [5.41, 5.74) is 1.07. The Morgan fingerprint density at radius 1 is 1.27 bits per heavy atom. The lowest BCUT2D eigenvalue weighted by Crippen LogP contribution is -2.02. The van der Waals surface area contributed by atoms with Gasteiger partial charge in [-0.3, -0.25) is 0 Å². The Balaban J connectivity index is 2.78. The molecule has 0 amide bonds. The van der Waals surface area contributed by atoms with E-state index in [1.54, 1.807) is 7.11 Å². The summed E-state index contributed by atoms with van der Waals surface area (Å²) < 4.78 is 7.24. The molecule has 15 heavy (non-hydrogen) atoms. The maximum Gasteiger partial charge on any atom is 0.135 e. The van der Waals surface area contributed by atoms with Crippen molar-refractivity contribution >= 4 is 37.5 Å². The summed E-state index contributed by atoms with van der Waals surface area (Å²) in [5.74, 6) is 0.845. The molecule has 0 aliphatic heterocycles. The van der Waals surface area contributed by atoms with Crippen LogP contribution in [-0.4, -0.2) is 13.7 Å². The van der Waals surface area contributed by atoms with Crippen molar-refractivity contribution in [3.05, 3.63) is 21.1 Å². The van der Waals surface area contributed by atoms with Gasteiger partial charge in [-0.15, -0.1) is 0 Å². The molecule has 0 unspecified atom stereocenters. The Labute approximate surface area is 108 Å². The molecular formula is C11H15Br2NO. The van der Waals surface area contributed by atoms with Crippen molar-refractivity contribution in [2.24, 2.45) is 0 Å². The van der Waals surface area contributed by atoms with E-state index >= 15 is 0 Å². The highest BCUT2D eigenvalue weighted by atomic mass is 79.9. The number of anilines is 1. The van der Waals surface area contributed by atoms with Crippen LogP contribution in [0.3, 0.4) is 0 Å². The van der Waals surface area contributed by atoms with Gasteiger partial charge in [0.1, 0.15) is 5.75 Å². The van der Waals surface area contributed by atoms with E-state index < -0.39 is 0 Å². The van der Waals surface area contributed by atoms with Crippen molar-refractivity contribution in [2.75, 3.05) is 19.0 Å². The van der Waals surface area contributed by atoms with Crippen molar-refractivity contribution < 1.29 is 4.74 Å². The van der Waals surface area contributed by atoms with Crippen molar-refractivity contribution in [3.8, 4) is 5.75 Å². The molecule has 0 aliphatic carbocycles. The zero-order chi connectivity index (χ0) is 11.3. The van der Waals surface area contributed by atoms with Gasteiger partial charge >= 0.3 is 0 Å².